The number of anilines is 2. The summed E-state index contributed by atoms with van der Waals surface area (Å²) in [6.45, 7) is 1.25. The van der Waals surface area contributed by atoms with Crippen molar-refractivity contribution >= 4 is 48.9 Å². The van der Waals surface area contributed by atoms with Gasteiger partial charge in [0, 0.05) is 13.1 Å². The minimum absolute atomic E-state index is 0.117. The van der Waals surface area contributed by atoms with E-state index in [1.165, 1.54) is 37.4 Å². The number of nitrogens with zero attached hydrogens (tertiary/aromatic N) is 1. The van der Waals surface area contributed by atoms with Crippen LogP contribution in [-0.2, 0) is 24.8 Å². The van der Waals surface area contributed by atoms with Crippen molar-refractivity contribution in [3.63, 3.8) is 0 Å². The molecule has 1 aliphatic rings. The molecule has 2 aromatic carbocycles. The van der Waals surface area contributed by atoms with E-state index in [0.717, 1.165) is 6.07 Å². The van der Waals surface area contributed by atoms with E-state index in [1.54, 1.807) is 11.0 Å². The van der Waals surface area contributed by atoms with Gasteiger partial charge in [0.15, 0.2) is 0 Å². The predicted octanol–water partition coefficient (Wildman–Crippen LogP) is 0.985. The molecule has 1 saturated heterocycles. The van der Waals surface area contributed by atoms with Gasteiger partial charge in [-0.25, -0.2) is 21.6 Å². The second-order valence-corrected chi connectivity index (χ2v) is 10.2. The summed E-state index contributed by atoms with van der Waals surface area (Å²) in [5, 5.41) is 3.00. The smallest absolute Gasteiger partial charge is 0.261 e. The fraction of sp³-hybridized carbons (Fsp3) is 0.235. The molecule has 156 valence electrons. The summed E-state index contributed by atoms with van der Waals surface area (Å²) >= 11 is 6.29. The van der Waals surface area contributed by atoms with Crippen LogP contribution in [0.1, 0.15) is 0 Å². The molecule has 0 unspecified atom stereocenters. The Morgan fingerprint density at radius 2 is 1.72 bits per heavy atom. The van der Waals surface area contributed by atoms with Crippen LogP contribution in [0.4, 0.5) is 11.4 Å². The third-order valence-electron chi connectivity index (χ3n) is 4.27. The summed E-state index contributed by atoms with van der Waals surface area (Å²) in [6.07, 6.45) is 0. The van der Waals surface area contributed by atoms with E-state index in [4.69, 9.17) is 11.6 Å². The van der Waals surface area contributed by atoms with Gasteiger partial charge in [-0.05, 0) is 43.4 Å². The van der Waals surface area contributed by atoms with Crippen LogP contribution in [-0.4, -0.2) is 49.4 Å². The van der Waals surface area contributed by atoms with Crippen LogP contribution in [0.15, 0.2) is 52.3 Å². The third kappa shape index (κ3) is 4.81. The summed E-state index contributed by atoms with van der Waals surface area (Å²) < 4.78 is 53.7. The molecule has 3 N–H and O–H groups in total. The first-order chi connectivity index (χ1) is 13.6. The van der Waals surface area contributed by atoms with E-state index < -0.39 is 20.0 Å². The quantitative estimate of drug-likeness (QED) is 0.592. The van der Waals surface area contributed by atoms with Gasteiger partial charge in [0.05, 0.1) is 32.7 Å². The summed E-state index contributed by atoms with van der Waals surface area (Å²) in [6, 6.07) is 9.59. The zero-order valence-electron chi connectivity index (χ0n) is 15.3. The molecule has 0 spiro atoms. The molecule has 1 fully saturated rings. The second kappa shape index (κ2) is 8.19. The number of hydrogen-bond donors (Lipinski definition) is 3. The number of carbonyl (C=O) groups is 1. The highest BCUT2D eigenvalue weighted by Crippen LogP contribution is 2.30. The minimum Gasteiger partial charge on any atom is -0.359 e. The molecule has 29 heavy (non-hydrogen) atoms. The second-order valence-electron chi connectivity index (χ2n) is 6.23. The molecule has 1 amide bonds. The fourth-order valence-electron chi connectivity index (χ4n) is 2.81. The highest BCUT2D eigenvalue weighted by Gasteiger charge is 2.21. The predicted molar refractivity (Wildman–Crippen MR) is 110 cm³/mol. The largest absolute Gasteiger partial charge is 0.359 e. The molecule has 9 nitrogen and oxygen atoms in total. The van der Waals surface area contributed by atoms with Crippen molar-refractivity contribution in [3.05, 3.63) is 47.5 Å². The normalized spacial score (nSPS) is 15.1. The van der Waals surface area contributed by atoms with Crippen LogP contribution in [0, 0.1) is 0 Å². The van der Waals surface area contributed by atoms with Gasteiger partial charge in [-0.3, -0.25) is 9.52 Å². The Bertz CT molecular complexity index is 1150. The topological polar surface area (TPSA) is 125 Å². The molecule has 3 rings (SSSR count). The Balaban J connectivity index is 1.85. The summed E-state index contributed by atoms with van der Waals surface area (Å²) in [7, 11) is -6.59. The number of rotatable bonds is 6. The third-order valence-corrected chi connectivity index (χ3v) is 7.37. The van der Waals surface area contributed by atoms with E-state index in [0.29, 0.717) is 18.8 Å². The monoisotopic (exact) mass is 458 g/mol. The summed E-state index contributed by atoms with van der Waals surface area (Å²) in [4.78, 5) is 13.0. The Morgan fingerprint density at radius 1 is 1.03 bits per heavy atom. The van der Waals surface area contributed by atoms with Crippen molar-refractivity contribution < 1.29 is 21.6 Å². The maximum atomic E-state index is 12.7. The molecule has 12 heteroatoms. The highest BCUT2D eigenvalue weighted by molar-refractivity contribution is 7.93. The van der Waals surface area contributed by atoms with E-state index in [2.05, 4.69) is 14.8 Å². The molecule has 0 radical (unpaired) electrons. The van der Waals surface area contributed by atoms with Crippen LogP contribution in [0.3, 0.4) is 0 Å². The standard InChI is InChI=1S/C17H19ClN4O5S2/c1-19-28(24,25)13-3-2-4-14(10-13)29(26,27)21-12-5-6-16(15(18)9-12)22-8-7-20-17(23)11-22/h2-6,9-10,19,21H,7-8,11H2,1H3,(H,20,23). The number of amides is 1. The Kier molecular flexibility index (Phi) is 6.03. The maximum Gasteiger partial charge on any atom is 0.261 e. The SMILES string of the molecule is CNS(=O)(=O)c1cccc(S(=O)(=O)Nc2ccc(N3CCNC(=O)C3)c(Cl)c2)c1. The van der Waals surface area contributed by atoms with Crippen LogP contribution < -0.4 is 19.7 Å². The van der Waals surface area contributed by atoms with Gasteiger partial charge in [0.1, 0.15) is 0 Å². The zero-order chi connectivity index (χ0) is 21.2. The molecule has 0 saturated carbocycles. The lowest BCUT2D eigenvalue weighted by molar-refractivity contribution is -0.120. The number of carbonyl (C=O) groups excluding carboxylic acids is 1. The van der Waals surface area contributed by atoms with Crippen LogP contribution >= 0.6 is 11.6 Å². The van der Waals surface area contributed by atoms with Crippen molar-refractivity contribution in [1.82, 2.24) is 10.0 Å². The van der Waals surface area contributed by atoms with Crippen molar-refractivity contribution in [2.75, 3.05) is 36.3 Å². The number of halogens is 1. The van der Waals surface area contributed by atoms with E-state index >= 15 is 0 Å². The van der Waals surface area contributed by atoms with Gasteiger partial charge in [-0.2, -0.15) is 0 Å². The van der Waals surface area contributed by atoms with Crippen LogP contribution in [0.2, 0.25) is 5.02 Å². The minimum atomic E-state index is -4.05. The van der Waals surface area contributed by atoms with Gasteiger partial charge >= 0.3 is 0 Å². The zero-order valence-corrected chi connectivity index (χ0v) is 17.7. The molecule has 2 aromatic rings. The van der Waals surface area contributed by atoms with Crippen molar-refractivity contribution in [2.45, 2.75) is 9.79 Å². The molecular weight excluding hydrogens is 440 g/mol. The molecule has 1 aliphatic heterocycles. The van der Waals surface area contributed by atoms with Gasteiger partial charge in [-0.15, -0.1) is 0 Å². The number of nitrogens with one attached hydrogen (secondary N) is 3. The number of sulfonamides is 2. The number of hydrogen-bond acceptors (Lipinski definition) is 6. The lowest BCUT2D eigenvalue weighted by Gasteiger charge is -2.29. The first-order valence-corrected chi connectivity index (χ1v) is 11.8. The van der Waals surface area contributed by atoms with Gasteiger partial charge in [0.2, 0.25) is 15.9 Å². The first kappa shape index (κ1) is 21.4. The summed E-state index contributed by atoms with van der Waals surface area (Å²) in [5.74, 6) is -0.117. The van der Waals surface area contributed by atoms with Crippen LogP contribution in [0.5, 0.6) is 0 Å². The van der Waals surface area contributed by atoms with Crippen LogP contribution in [0.25, 0.3) is 0 Å². The lowest BCUT2D eigenvalue weighted by atomic mass is 10.2. The van der Waals surface area contributed by atoms with E-state index in [9.17, 15) is 21.6 Å². The molecule has 0 bridgehead atoms. The molecule has 1 heterocycles. The Labute approximate surface area is 174 Å². The van der Waals surface area contributed by atoms with E-state index in [1.807, 2.05) is 0 Å². The number of benzene rings is 2. The average Bonchev–Trinajstić information content (AvgIpc) is 2.68. The number of piperazine rings is 1. The van der Waals surface area contributed by atoms with Gasteiger partial charge < -0.3 is 10.2 Å². The van der Waals surface area contributed by atoms with Crippen molar-refractivity contribution in [2.24, 2.45) is 0 Å². The molecule has 0 aliphatic carbocycles. The van der Waals surface area contributed by atoms with Crippen molar-refractivity contribution in [3.8, 4) is 0 Å². The lowest BCUT2D eigenvalue weighted by Crippen LogP contribution is -2.47. The van der Waals surface area contributed by atoms with E-state index in [-0.39, 0.29) is 33.0 Å². The summed E-state index contributed by atoms with van der Waals surface area (Å²) in [5.41, 5.74) is 0.827. The van der Waals surface area contributed by atoms with Gasteiger partial charge in [0.25, 0.3) is 10.0 Å². The van der Waals surface area contributed by atoms with Crippen molar-refractivity contribution in [1.29, 1.82) is 0 Å². The average molecular weight is 459 g/mol. The van der Waals surface area contributed by atoms with Gasteiger partial charge in [-0.1, -0.05) is 17.7 Å². The molecular formula is C17H19ClN4O5S2. The fourth-order valence-corrected chi connectivity index (χ4v) is 5.06. The Morgan fingerprint density at radius 3 is 2.34 bits per heavy atom. The molecule has 0 aromatic heterocycles. The molecule has 0 atom stereocenters. The maximum absolute atomic E-state index is 12.7. The first-order valence-electron chi connectivity index (χ1n) is 8.50. The highest BCUT2D eigenvalue weighted by atomic mass is 35.5. The Hall–Kier alpha value is -2.34.